The van der Waals surface area contributed by atoms with Crippen LogP contribution in [0.2, 0.25) is 0 Å². The maximum Gasteiger partial charge on any atom is 0.0748 e. The van der Waals surface area contributed by atoms with E-state index in [4.69, 9.17) is 39.4 Å². The van der Waals surface area contributed by atoms with Crippen LogP contribution in [0.4, 0.5) is 0 Å². The smallest absolute Gasteiger partial charge is 0.0748 e. The largest absolute Gasteiger partial charge is 0.394 e. The summed E-state index contributed by atoms with van der Waals surface area (Å²) in [4.78, 5) is 0. The van der Waals surface area contributed by atoms with Crippen molar-refractivity contribution < 1.29 is 39.4 Å². The van der Waals surface area contributed by atoms with Gasteiger partial charge in [0.1, 0.15) is 0 Å². The first-order valence-corrected chi connectivity index (χ1v) is 10.9. The normalized spacial score (nSPS) is 15.8. The van der Waals surface area contributed by atoms with Crippen molar-refractivity contribution in [2.24, 2.45) is 0 Å². The molecule has 10 heteroatoms. The number of rotatable bonds is 23. The van der Waals surface area contributed by atoms with Crippen LogP contribution in [-0.2, 0) is 18.9 Å². The average Bonchev–Trinajstić information content (AvgIpc) is 2.74. The van der Waals surface area contributed by atoms with Gasteiger partial charge in [0.25, 0.3) is 0 Å². The Morgan fingerprint density at radius 3 is 2.03 bits per heavy atom. The summed E-state index contributed by atoms with van der Waals surface area (Å²) in [6.45, 7) is 7.61. The van der Waals surface area contributed by atoms with Gasteiger partial charge >= 0.3 is 0 Å². The minimum atomic E-state index is -0.0963. The van der Waals surface area contributed by atoms with E-state index in [0.717, 1.165) is 13.1 Å². The Morgan fingerprint density at radius 2 is 1.37 bits per heavy atom. The van der Waals surface area contributed by atoms with E-state index in [2.05, 4.69) is 10.6 Å². The van der Waals surface area contributed by atoms with Gasteiger partial charge in [0.2, 0.25) is 0 Å². The van der Waals surface area contributed by atoms with Crippen molar-refractivity contribution in [2.45, 2.75) is 51.0 Å². The Balaban J connectivity index is 4.17. The van der Waals surface area contributed by atoms with Gasteiger partial charge in [0.15, 0.2) is 0 Å². The molecule has 0 saturated carbocycles. The predicted molar refractivity (Wildman–Crippen MR) is 114 cm³/mol. The van der Waals surface area contributed by atoms with Gasteiger partial charge in [0, 0.05) is 38.7 Å². The molecule has 4 atom stereocenters. The SMILES string of the molecule is CC(CC(CNCCNC(C)C(CCOCCO)OCCO)OCCO)OCCO. The molecular formula is C20H44N2O8. The van der Waals surface area contributed by atoms with Gasteiger partial charge in [0.05, 0.1) is 71.2 Å². The van der Waals surface area contributed by atoms with Crippen LogP contribution in [0.15, 0.2) is 0 Å². The molecule has 0 aromatic carbocycles. The molecule has 182 valence electrons. The molecule has 30 heavy (non-hydrogen) atoms. The van der Waals surface area contributed by atoms with Crippen LogP contribution in [0, 0.1) is 0 Å². The molecule has 0 aliphatic carbocycles. The molecule has 0 heterocycles. The molecule has 4 unspecified atom stereocenters. The van der Waals surface area contributed by atoms with E-state index in [0.29, 0.717) is 39.2 Å². The third-order valence-corrected chi connectivity index (χ3v) is 4.44. The summed E-state index contributed by atoms with van der Waals surface area (Å²) in [5.74, 6) is 0. The van der Waals surface area contributed by atoms with Crippen molar-refractivity contribution in [3.63, 3.8) is 0 Å². The molecule has 0 amide bonds. The Hall–Kier alpha value is -0.400. The molecule has 0 aliphatic heterocycles. The Kier molecular flexibility index (Phi) is 21.5. The lowest BCUT2D eigenvalue weighted by Crippen LogP contribution is -2.44. The van der Waals surface area contributed by atoms with Crippen LogP contribution in [0.1, 0.15) is 26.7 Å². The lowest BCUT2D eigenvalue weighted by atomic mass is 10.1. The zero-order valence-electron chi connectivity index (χ0n) is 18.6. The maximum absolute atomic E-state index is 9.01. The van der Waals surface area contributed by atoms with Crippen molar-refractivity contribution in [3.8, 4) is 0 Å². The molecule has 6 N–H and O–H groups in total. The van der Waals surface area contributed by atoms with Gasteiger partial charge < -0.3 is 50.0 Å². The van der Waals surface area contributed by atoms with Crippen LogP contribution in [-0.4, -0.2) is 124 Å². The van der Waals surface area contributed by atoms with Crippen LogP contribution >= 0.6 is 0 Å². The third-order valence-electron chi connectivity index (χ3n) is 4.44. The molecule has 0 rings (SSSR count). The van der Waals surface area contributed by atoms with Gasteiger partial charge in [-0.25, -0.2) is 0 Å². The van der Waals surface area contributed by atoms with Crippen molar-refractivity contribution in [3.05, 3.63) is 0 Å². The van der Waals surface area contributed by atoms with Gasteiger partial charge in [-0.2, -0.15) is 0 Å². The third kappa shape index (κ3) is 17.3. The fourth-order valence-electron chi connectivity index (χ4n) is 2.95. The summed E-state index contributed by atoms with van der Waals surface area (Å²) >= 11 is 0. The van der Waals surface area contributed by atoms with Gasteiger partial charge in [-0.05, 0) is 20.3 Å². The Labute approximate surface area is 180 Å². The monoisotopic (exact) mass is 440 g/mol. The topological polar surface area (TPSA) is 142 Å². The first-order valence-electron chi connectivity index (χ1n) is 10.9. The number of aliphatic hydroxyl groups excluding tert-OH is 4. The second-order valence-electron chi connectivity index (χ2n) is 7.06. The van der Waals surface area contributed by atoms with E-state index in [1.165, 1.54) is 0 Å². The lowest BCUT2D eigenvalue weighted by Gasteiger charge is -2.26. The fourth-order valence-corrected chi connectivity index (χ4v) is 2.95. The number of hydrogen-bond donors (Lipinski definition) is 6. The summed E-state index contributed by atoms with van der Waals surface area (Å²) < 4.78 is 22.2. The molecule has 0 bridgehead atoms. The summed E-state index contributed by atoms with van der Waals surface area (Å²) in [5.41, 5.74) is 0. The van der Waals surface area contributed by atoms with E-state index in [-0.39, 0.29) is 64.0 Å². The molecule has 0 radical (unpaired) electrons. The van der Waals surface area contributed by atoms with Crippen LogP contribution in [0.25, 0.3) is 0 Å². The van der Waals surface area contributed by atoms with E-state index >= 15 is 0 Å². The van der Waals surface area contributed by atoms with Crippen molar-refractivity contribution in [1.29, 1.82) is 0 Å². The Bertz CT molecular complexity index is 355. The van der Waals surface area contributed by atoms with Crippen LogP contribution in [0.5, 0.6) is 0 Å². The number of nitrogens with one attached hydrogen (secondary N) is 2. The minimum Gasteiger partial charge on any atom is -0.394 e. The first kappa shape index (κ1) is 29.6. The molecule has 0 aromatic rings. The zero-order chi connectivity index (χ0) is 22.5. The molecule has 0 fully saturated rings. The predicted octanol–water partition coefficient (Wildman–Crippen LogP) is -1.50. The minimum absolute atomic E-state index is 0.00299. The fraction of sp³-hybridized carbons (Fsp3) is 1.00. The van der Waals surface area contributed by atoms with Crippen molar-refractivity contribution in [1.82, 2.24) is 10.6 Å². The highest BCUT2D eigenvalue weighted by molar-refractivity contribution is 4.74. The lowest BCUT2D eigenvalue weighted by molar-refractivity contribution is -0.0261. The van der Waals surface area contributed by atoms with Crippen LogP contribution < -0.4 is 10.6 Å². The number of aliphatic hydroxyl groups is 4. The van der Waals surface area contributed by atoms with E-state index in [1.54, 1.807) is 0 Å². The zero-order valence-corrected chi connectivity index (χ0v) is 18.6. The van der Waals surface area contributed by atoms with Gasteiger partial charge in [-0.3, -0.25) is 0 Å². The summed E-state index contributed by atoms with van der Waals surface area (Å²) in [7, 11) is 0. The van der Waals surface area contributed by atoms with Crippen molar-refractivity contribution in [2.75, 3.05) is 79.1 Å². The summed E-state index contributed by atoms with van der Waals surface area (Å²) in [6.07, 6.45) is 1.11. The highest BCUT2D eigenvalue weighted by Crippen LogP contribution is 2.07. The van der Waals surface area contributed by atoms with Gasteiger partial charge in [-0.15, -0.1) is 0 Å². The molecule has 10 nitrogen and oxygen atoms in total. The number of ether oxygens (including phenoxy) is 4. The van der Waals surface area contributed by atoms with E-state index in [1.807, 2.05) is 13.8 Å². The molecule has 0 aliphatic rings. The van der Waals surface area contributed by atoms with E-state index in [9.17, 15) is 0 Å². The molecule has 0 spiro atoms. The molecule has 0 aromatic heterocycles. The number of hydrogen-bond acceptors (Lipinski definition) is 10. The molecule has 0 saturated heterocycles. The average molecular weight is 441 g/mol. The maximum atomic E-state index is 9.01. The van der Waals surface area contributed by atoms with Crippen molar-refractivity contribution >= 4 is 0 Å². The highest BCUT2D eigenvalue weighted by atomic mass is 16.5. The molecular weight excluding hydrogens is 396 g/mol. The first-order chi connectivity index (χ1) is 14.6. The standard InChI is InChI=1S/C20H44N2O8/c1-17(28-12-7-24)15-19(29-13-8-25)16-21-4-5-22-18(2)20(30-14-9-26)3-10-27-11-6-23/h17-26H,3-16H2,1-2H3. The van der Waals surface area contributed by atoms with Gasteiger partial charge in [-0.1, -0.05) is 0 Å². The quantitative estimate of drug-likeness (QED) is 0.104. The second-order valence-corrected chi connectivity index (χ2v) is 7.06. The Morgan fingerprint density at radius 1 is 0.733 bits per heavy atom. The highest BCUT2D eigenvalue weighted by Gasteiger charge is 2.18. The second kappa shape index (κ2) is 21.8. The van der Waals surface area contributed by atoms with E-state index < -0.39 is 0 Å². The summed E-state index contributed by atoms with van der Waals surface area (Å²) in [6, 6.07) is 0.0735. The summed E-state index contributed by atoms with van der Waals surface area (Å²) in [5, 5.41) is 42.4. The van der Waals surface area contributed by atoms with Crippen LogP contribution in [0.3, 0.4) is 0 Å².